The molecule has 0 spiro atoms. The standard InChI is InChI=1S/C17H23NO6/c1-5-22-16(20)15(17(21)23-6-2)18-14(19)10-24-13-9-11(3)7-8-12(13)4/h7-9,15H,5-6,10H2,1-4H3,(H,18,19). The van der Waals surface area contributed by atoms with E-state index in [9.17, 15) is 14.4 Å². The average Bonchev–Trinajstić information content (AvgIpc) is 2.53. The summed E-state index contributed by atoms with van der Waals surface area (Å²) in [5.41, 5.74) is 1.87. The van der Waals surface area contributed by atoms with Gasteiger partial charge < -0.3 is 19.5 Å². The van der Waals surface area contributed by atoms with Crippen molar-refractivity contribution in [3.05, 3.63) is 29.3 Å². The van der Waals surface area contributed by atoms with Crippen LogP contribution in [0.4, 0.5) is 0 Å². The lowest BCUT2D eigenvalue weighted by Gasteiger charge is -2.16. The van der Waals surface area contributed by atoms with Crippen LogP contribution in [0.1, 0.15) is 25.0 Å². The molecule has 0 atom stereocenters. The largest absolute Gasteiger partial charge is 0.483 e. The van der Waals surface area contributed by atoms with Crippen molar-refractivity contribution in [1.29, 1.82) is 0 Å². The van der Waals surface area contributed by atoms with Gasteiger partial charge in [0.1, 0.15) is 5.75 Å². The van der Waals surface area contributed by atoms with E-state index < -0.39 is 23.9 Å². The Hall–Kier alpha value is -2.57. The molecule has 24 heavy (non-hydrogen) atoms. The van der Waals surface area contributed by atoms with Crippen LogP contribution in [-0.2, 0) is 23.9 Å². The van der Waals surface area contributed by atoms with Crippen LogP contribution in [0.3, 0.4) is 0 Å². The van der Waals surface area contributed by atoms with E-state index in [0.29, 0.717) is 5.75 Å². The molecular formula is C17H23NO6. The Labute approximate surface area is 141 Å². The Kier molecular flexibility index (Phi) is 7.74. The minimum atomic E-state index is -1.50. The molecule has 0 aliphatic heterocycles. The molecule has 1 aromatic rings. The molecule has 1 rings (SSSR count). The molecule has 0 unspecified atom stereocenters. The van der Waals surface area contributed by atoms with Gasteiger partial charge in [-0.15, -0.1) is 0 Å². The fraction of sp³-hybridized carbons (Fsp3) is 0.471. The predicted octanol–water partition coefficient (Wildman–Crippen LogP) is 1.29. The number of rotatable bonds is 8. The van der Waals surface area contributed by atoms with E-state index in [-0.39, 0.29) is 19.8 Å². The Bertz CT molecular complexity index is 581. The maximum atomic E-state index is 12.0. The van der Waals surface area contributed by atoms with Crippen LogP contribution in [0, 0.1) is 13.8 Å². The summed E-state index contributed by atoms with van der Waals surface area (Å²) in [6, 6.07) is 4.11. The first-order chi connectivity index (χ1) is 11.4. The van der Waals surface area contributed by atoms with Gasteiger partial charge in [0.2, 0.25) is 6.04 Å². The van der Waals surface area contributed by atoms with E-state index in [1.165, 1.54) is 0 Å². The highest BCUT2D eigenvalue weighted by molar-refractivity contribution is 6.02. The summed E-state index contributed by atoms with van der Waals surface area (Å²) in [7, 11) is 0. The SMILES string of the molecule is CCOC(=O)C(NC(=O)COc1cc(C)ccc1C)C(=O)OCC. The number of carbonyl (C=O) groups is 3. The van der Waals surface area contributed by atoms with Gasteiger partial charge in [-0.2, -0.15) is 0 Å². The second-order valence-electron chi connectivity index (χ2n) is 5.06. The first-order valence-corrected chi connectivity index (χ1v) is 7.71. The number of hydrogen-bond donors (Lipinski definition) is 1. The quantitative estimate of drug-likeness (QED) is 0.568. The minimum Gasteiger partial charge on any atom is -0.483 e. The number of carbonyl (C=O) groups excluding carboxylic acids is 3. The molecule has 0 fully saturated rings. The summed E-state index contributed by atoms with van der Waals surface area (Å²) in [5, 5.41) is 2.28. The van der Waals surface area contributed by atoms with Crippen molar-refractivity contribution < 1.29 is 28.6 Å². The minimum absolute atomic E-state index is 0.0869. The number of ether oxygens (including phenoxy) is 3. The fourth-order valence-corrected chi connectivity index (χ4v) is 1.87. The maximum absolute atomic E-state index is 12.0. The molecule has 0 radical (unpaired) electrons. The number of amides is 1. The number of aryl methyl sites for hydroxylation is 2. The summed E-state index contributed by atoms with van der Waals surface area (Å²) >= 11 is 0. The molecule has 0 saturated heterocycles. The van der Waals surface area contributed by atoms with Crippen LogP contribution in [-0.4, -0.2) is 43.7 Å². The lowest BCUT2D eigenvalue weighted by molar-refractivity contribution is -0.159. The molecule has 0 heterocycles. The fourth-order valence-electron chi connectivity index (χ4n) is 1.87. The van der Waals surface area contributed by atoms with Crippen molar-refractivity contribution in [3.8, 4) is 5.75 Å². The van der Waals surface area contributed by atoms with Gasteiger partial charge in [0, 0.05) is 0 Å². The van der Waals surface area contributed by atoms with Crippen LogP contribution in [0.2, 0.25) is 0 Å². The zero-order valence-corrected chi connectivity index (χ0v) is 14.4. The van der Waals surface area contributed by atoms with E-state index in [1.54, 1.807) is 19.9 Å². The van der Waals surface area contributed by atoms with Gasteiger partial charge in [0.25, 0.3) is 5.91 Å². The maximum Gasteiger partial charge on any atom is 0.340 e. The monoisotopic (exact) mass is 337 g/mol. The Balaban J connectivity index is 2.68. The van der Waals surface area contributed by atoms with Gasteiger partial charge in [-0.3, -0.25) is 4.79 Å². The molecule has 1 amide bonds. The highest BCUT2D eigenvalue weighted by Crippen LogP contribution is 2.18. The second-order valence-corrected chi connectivity index (χ2v) is 5.06. The van der Waals surface area contributed by atoms with Crippen molar-refractivity contribution in [3.63, 3.8) is 0 Å². The first kappa shape index (κ1) is 19.5. The van der Waals surface area contributed by atoms with Crippen molar-refractivity contribution >= 4 is 17.8 Å². The van der Waals surface area contributed by atoms with Crippen LogP contribution < -0.4 is 10.1 Å². The van der Waals surface area contributed by atoms with Gasteiger partial charge >= 0.3 is 11.9 Å². The second kappa shape index (κ2) is 9.54. The molecule has 0 saturated carbocycles. The van der Waals surface area contributed by atoms with E-state index in [4.69, 9.17) is 14.2 Å². The molecule has 0 aliphatic rings. The van der Waals surface area contributed by atoms with Gasteiger partial charge in [0.15, 0.2) is 6.61 Å². The van der Waals surface area contributed by atoms with E-state index in [2.05, 4.69) is 5.32 Å². The average molecular weight is 337 g/mol. The lowest BCUT2D eigenvalue weighted by atomic mass is 10.1. The smallest absolute Gasteiger partial charge is 0.340 e. The van der Waals surface area contributed by atoms with Crippen LogP contribution in [0.15, 0.2) is 18.2 Å². The third kappa shape index (κ3) is 5.91. The third-order valence-electron chi connectivity index (χ3n) is 3.05. The zero-order valence-electron chi connectivity index (χ0n) is 14.4. The molecular weight excluding hydrogens is 314 g/mol. The third-order valence-corrected chi connectivity index (χ3v) is 3.05. The summed E-state index contributed by atoms with van der Waals surface area (Å²) in [6.07, 6.45) is 0. The summed E-state index contributed by atoms with van der Waals surface area (Å²) in [4.78, 5) is 35.6. The lowest BCUT2D eigenvalue weighted by Crippen LogP contribution is -2.49. The normalized spacial score (nSPS) is 10.2. The highest BCUT2D eigenvalue weighted by Gasteiger charge is 2.31. The summed E-state index contributed by atoms with van der Waals surface area (Å²) in [6.45, 7) is 6.81. The number of hydrogen-bond acceptors (Lipinski definition) is 6. The van der Waals surface area contributed by atoms with Gasteiger partial charge in [-0.1, -0.05) is 12.1 Å². The molecule has 0 bridgehead atoms. The Morgan fingerprint density at radius 3 is 2.17 bits per heavy atom. The topological polar surface area (TPSA) is 90.9 Å². The van der Waals surface area contributed by atoms with Crippen molar-refractivity contribution in [2.24, 2.45) is 0 Å². The van der Waals surface area contributed by atoms with Crippen molar-refractivity contribution in [2.45, 2.75) is 33.7 Å². The number of benzene rings is 1. The molecule has 0 aliphatic carbocycles. The van der Waals surface area contributed by atoms with Crippen LogP contribution in [0.5, 0.6) is 5.75 Å². The Morgan fingerprint density at radius 2 is 1.62 bits per heavy atom. The summed E-state index contributed by atoms with van der Waals surface area (Å²) in [5.74, 6) is -1.79. The predicted molar refractivity (Wildman–Crippen MR) is 86.6 cm³/mol. The number of nitrogens with one attached hydrogen (secondary N) is 1. The van der Waals surface area contributed by atoms with Crippen LogP contribution >= 0.6 is 0 Å². The van der Waals surface area contributed by atoms with Crippen molar-refractivity contribution in [1.82, 2.24) is 5.32 Å². The molecule has 7 nitrogen and oxygen atoms in total. The van der Waals surface area contributed by atoms with Crippen molar-refractivity contribution in [2.75, 3.05) is 19.8 Å². The molecule has 7 heteroatoms. The zero-order chi connectivity index (χ0) is 18.1. The van der Waals surface area contributed by atoms with Gasteiger partial charge in [-0.25, -0.2) is 9.59 Å². The first-order valence-electron chi connectivity index (χ1n) is 7.71. The van der Waals surface area contributed by atoms with Gasteiger partial charge in [0.05, 0.1) is 13.2 Å². The van der Waals surface area contributed by atoms with Crippen LogP contribution in [0.25, 0.3) is 0 Å². The Morgan fingerprint density at radius 1 is 1.04 bits per heavy atom. The summed E-state index contributed by atoms with van der Waals surface area (Å²) < 4.78 is 15.0. The van der Waals surface area contributed by atoms with E-state index >= 15 is 0 Å². The number of esters is 2. The molecule has 1 N–H and O–H groups in total. The molecule has 0 aromatic heterocycles. The highest BCUT2D eigenvalue weighted by atomic mass is 16.6. The van der Waals surface area contributed by atoms with E-state index in [1.807, 2.05) is 26.0 Å². The van der Waals surface area contributed by atoms with Gasteiger partial charge in [-0.05, 0) is 44.9 Å². The van der Waals surface area contributed by atoms with E-state index in [0.717, 1.165) is 11.1 Å². The molecule has 132 valence electrons. The molecule has 1 aromatic carbocycles.